The highest BCUT2D eigenvalue weighted by Gasteiger charge is 2.84. The number of carbonyl (C=O) groups is 4. The lowest BCUT2D eigenvalue weighted by Crippen LogP contribution is -2.69. The molecule has 0 radical (unpaired) electrons. The second kappa shape index (κ2) is 21.9. The molecule has 2 aliphatic carbocycles. The molecule has 0 aromatic heterocycles. The third-order valence-electron chi connectivity index (χ3n) is 11.7. The molecular weight excluding hydrogens is 846 g/mol. The normalized spacial score (nSPS) is 21.2. The second-order valence-electron chi connectivity index (χ2n) is 19.6. The summed E-state index contributed by atoms with van der Waals surface area (Å²) in [6, 6.07) is 0. The SMILES string of the molecule is CCC(C)(C)C(=O)OC(C)(C)C.CCC(C)(C)C(=O)OC(C)C(F)(F)F.CCC(C)(C)C(=O)OC1(F)CCC(F)(F)C(F)(F)C1(F)F.CCC1(OC(=O)C(C)(C)CC)CCCC1. The van der Waals surface area contributed by atoms with Crippen LogP contribution in [0.15, 0.2) is 0 Å². The van der Waals surface area contributed by atoms with Crippen molar-refractivity contribution < 1.29 is 82.0 Å². The number of ether oxygens (including phenoxy) is 4. The van der Waals surface area contributed by atoms with Crippen molar-refractivity contribution in [1.82, 2.24) is 0 Å². The molecule has 0 aromatic carbocycles. The molecule has 62 heavy (non-hydrogen) atoms. The Balaban J connectivity index is 0. The van der Waals surface area contributed by atoms with E-state index in [0.29, 0.717) is 6.42 Å². The number of esters is 4. The van der Waals surface area contributed by atoms with Gasteiger partial charge in [-0.3, -0.25) is 19.2 Å². The van der Waals surface area contributed by atoms with Crippen LogP contribution in [0.1, 0.15) is 188 Å². The van der Waals surface area contributed by atoms with Crippen LogP contribution in [-0.2, 0) is 38.1 Å². The van der Waals surface area contributed by atoms with E-state index in [-0.39, 0.29) is 40.4 Å². The summed E-state index contributed by atoms with van der Waals surface area (Å²) >= 11 is 0. The van der Waals surface area contributed by atoms with Crippen molar-refractivity contribution in [2.24, 2.45) is 21.7 Å². The number of hydrogen-bond acceptors (Lipinski definition) is 8. The highest BCUT2D eigenvalue weighted by atomic mass is 19.4. The van der Waals surface area contributed by atoms with Crippen molar-refractivity contribution in [3.05, 3.63) is 0 Å². The van der Waals surface area contributed by atoms with Crippen LogP contribution in [0.5, 0.6) is 0 Å². The number of halogens is 10. The van der Waals surface area contributed by atoms with Gasteiger partial charge in [-0.15, -0.1) is 0 Å². The molecule has 2 atom stereocenters. The first kappa shape index (κ1) is 61.3. The third kappa shape index (κ3) is 16.6. The molecule has 2 unspecified atom stereocenters. The van der Waals surface area contributed by atoms with Gasteiger partial charge in [0.2, 0.25) is 0 Å². The van der Waals surface area contributed by atoms with Crippen LogP contribution >= 0.6 is 0 Å². The Kier molecular flexibility index (Phi) is 21.7. The van der Waals surface area contributed by atoms with Crippen molar-refractivity contribution in [2.75, 3.05) is 0 Å². The van der Waals surface area contributed by atoms with Gasteiger partial charge in [-0.05, 0) is 141 Å². The molecule has 18 heteroatoms. The van der Waals surface area contributed by atoms with E-state index in [0.717, 1.165) is 39.0 Å². The predicted molar refractivity (Wildman–Crippen MR) is 215 cm³/mol. The summed E-state index contributed by atoms with van der Waals surface area (Å²) in [5.74, 6) is -23.8. The van der Waals surface area contributed by atoms with Crippen LogP contribution in [0.4, 0.5) is 43.9 Å². The van der Waals surface area contributed by atoms with Crippen LogP contribution in [0.2, 0.25) is 0 Å². The van der Waals surface area contributed by atoms with Crippen molar-refractivity contribution >= 4 is 23.9 Å². The summed E-state index contributed by atoms with van der Waals surface area (Å²) in [5.41, 5.74) is -3.46. The molecule has 0 heterocycles. The Bertz CT molecular complexity index is 1460. The van der Waals surface area contributed by atoms with Crippen LogP contribution in [-0.4, -0.2) is 71.0 Å². The van der Waals surface area contributed by atoms with Crippen LogP contribution in [0.3, 0.4) is 0 Å². The van der Waals surface area contributed by atoms with E-state index in [1.54, 1.807) is 20.8 Å². The number of alkyl halides is 10. The first-order valence-corrected chi connectivity index (χ1v) is 21.2. The Hall–Kier alpha value is -2.82. The summed E-state index contributed by atoms with van der Waals surface area (Å²) in [6.07, 6.45) is -2.49. The molecule has 2 saturated carbocycles. The lowest BCUT2D eigenvalue weighted by molar-refractivity contribution is -0.409. The smallest absolute Gasteiger partial charge is 0.425 e. The molecule has 0 aromatic rings. The highest BCUT2D eigenvalue weighted by Crippen LogP contribution is 2.59. The van der Waals surface area contributed by atoms with Gasteiger partial charge in [0.25, 0.3) is 0 Å². The zero-order chi connectivity index (χ0) is 50.0. The van der Waals surface area contributed by atoms with E-state index in [4.69, 9.17) is 9.47 Å². The number of carbonyl (C=O) groups excluding carboxylic acids is 4. The van der Waals surface area contributed by atoms with Gasteiger partial charge in [-0.1, -0.05) is 34.6 Å². The molecule has 0 N–H and O–H groups in total. The monoisotopic (exact) mass is 921 g/mol. The van der Waals surface area contributed by atoms with E-state index < -0.39 is 71.5 Å². The van der Waals surface area contributed by atoms with Gasteiger partial charge in [-0.2, -0.15) is 43.9 Å². The summed E-state index contributed by atoms with van der Waals surface area (Å²) < 4.78 is 149. The van der Waals surface area contributed by atoms with Gasteiger partial charge in [0.05, 0.1) is 21.7 Å². The maximum atomic E-state index is 14.1. The zero-order valence-electron chi connectivity index (χ0n) is 39.9. The minimum atomic E-state index is -5.95. The van der Waals surface area contributed by atoms with Crippen molar-refractivity contribution in [3.8, 4) is 0 Å². The summed E-state index contributed by atoms with van der Waals surface area (Å²) in [4.78, 5) is 46.3. The Labute approximate surface area is 362 Å². The molecule has 2 fully saturated rings. The van der Waals surface area contributed by atoms with Gasteiger partial charge in [0.1, 0.15) is 11.2 Å². The lowest BCUT2D eigenvalue weighted by Gasteiger charge is -2.45. The molecule has 0 saturated heterocycles. The van der Waals surface area contributed by atoms with Gasteiger partial charge < -0.3 is 18.9 Å². The summed E-state index contributed by atoms with van der Waals surface area (Å²) in [5, 5.41) is 0. The van der Waals surface area contributed by atoms with Crippen molar-refractivity contribution in [1.29, 1.82) is 0 Å². The van der Waals surface area contributed by atoms with Gasteiger partial charge in [0, 0.05) is 12.8 Å². The quantitative estimate of drug-likeness (QED) is 0.108. The highest BCUT2D eigenvalue weighted by molar-refractivity contribution is 5.77. The van der Waals surface area contributed by atoms with E-state index in [9.17, 15) is 63.1 Å². The van der Waals surface area contributed by atoms with Crippen LogP contribution in [0.25, 0.3) is 0 Å². The topological polar surface area (TPSA) is 105 Å². The van der Waals surface area contributed by atoms with E-state index in [2.05, 4.69) is 16.4 Å². The fraction of sp³-hybridized carbons (Fsp3) is 0.909. The fourth-order valence-corrected chi connectivity index (χ4v) is 4.76. The van der Waals surface area contributed by atoms with Crippen LogP contribution in [0, 0.1) is 21.7 Å². The molecule has 0 spiro atoms. The molecular formula is C44H74F10O8. The third-order valence-corrected chi connectivity index (χ3v) is 11.7. The Morgan fingerprint density at radius 2 is 0.871 bits per heavy atom. The van der Waals surface area contributed by atoms with Crippen molar-refractivity contribution in [2.45, 2.75) is 235 Å². The minimum Gasteiger partial charge on any atom is -0.460 e. The predicted octanol–water partition coefficient (Wildman–Crippen LogP) is 13.7. The van der Waals surface area contributed by atoms with Gasteiger partial charge >= 0.3 is 53.7 Å². The first-order chi connectivity index (χ1) is 27.4. The summed E-state index contributed by atoms with van der Waals surface area (Å²) in [6.45, 7) is 29.1. The van der Waals surface area contributed by atoms with Gasteiger partial charge in [-0.25, -0.2) is 0 Å². The minimum absolute atomic E-state index is 0.0197. The standard InChI is InChI=1S/C13H24O2.C12H15F7O2.C10H20O2.C9H15F3O2/c1-5-12(3,4)11(14)15-13(6-2)9-7-8-10-13;1-4-8(2,3)7(20)21-10(15)6-5-9(13,14)11(16,17)12(10,18)19;1-7-10(5,6)8(11)12-9(2,3)4;1-5-8(3,4)7(13)14-6(2)9(10,11)12/h5-10H2,1-4H3;4-6H2,1-3H3;7H2,1-6H3;6H,5H2,1-4H3. The molecule has 2 rings (SSSR count). The van der Waals surface area contributed by atoms with E-state index >= 15 is 0 Å². The van der Waals surface area contributed by atoms with Gasteiger partial charge in [0.15, 0.2) is 6.10 Å². The molecule has 368 valence electrons. The first-order valence-electron chi connectivity index (χ1n) is 21.2. The second-order valence-corrected chi connectivity index (χ2v) is 19.6. The molecule has 8 nitrogen and oxygen atoms in total. The number of rotatable bonds is 12. The fourth-order valence-electron chi connectivity index (χ4n) is 4.76. The molecule has 0 aliphatic heterocycles. The summed E-state index contributed by atoms with van der Waals surface area (Å²) in [7, 11) is 0. The largest absolute Gasteiger partial charge is 0.460 e. The Morgan fingerprint density at radius 3 is 1.21 bits per heavy atom. The maximum Gasteiger partial charge on any atom is 0.425 e. The lowest BCUT2D eigenvalue weighted by atomic mass is 9.84. The molecule has 0 bridgehead atoms. The zero-order valence-corrected chi connectivity index (χ0v) is 39.9. The average molecular weight is 921 g/mol. The molecule has 0 amide bonds. The maximum absolute atomic E-state index is 14.1. The van der Waals surface area contributed by atoms with E-state index in [1.165, 1.54) is 33.6 Å². The average Bonchev–Trinajstić information content (AvgIpc) is 3.61. The van der Waals surface area contributed by atoms with E-state index in [1.807, 2.05) is 62.3 Å². The van der Waals surface area contributed by atoms with Crippen LogP contribution < -0.4 is 0 Å². The molecule has 2 aliphatic rings. The number of hydrogen-bond donors (Lipinski definition) is 0. The van der Waals surface area contributed by atoms with Crippen molar-refractivity contribution in [3.63, 3.8) is 0 Å². The Morgan fingerprint density at radius 1 is 0.516 bits per heavy atom.